The van der Waals surface area contributed by atoms with Crippen molar-refractivity contribution in [3.63, 3.8) is 0 Å². The van der Waals surface area contributed by atoms with Crippen molar-refractivity contribution in [1.29, 1.82) is 0 Å². The van der Waals surface area contributed by atoms with E-state index in [4.69, 9.17) is 0 Å². The summed E-state index contributed by atoms with van der Waals surface area (Å²) in [5, 5.41) is 0. The number of hydrogen-bond donors (Lipinski definition) is 0. The largest absolute Gasteiger partial charge is 1.00 e. The molecule has 0 saturated heterocycles. The third-order valence-electron chi connectivity index (χ3n) is 2.62. The molecule has 0 fully saturated rings. The molecule has 102 valence electrons. The van der Waals surface area contributed by atoms with E-state index in [0.717, 1.165) is 17.4 Å². The normalized spacial score (nSPS) is 10.6. The maximum atomic E-state index is 11.2. The van der Waals surface area contributed by atoms with E-state index >= 15 is 0 Å². The quantitative estimate of drug-likeness (QED) is 0.317. The Morgan fingerprint density at radius 3 is 2.18 bits per heavy atom. The van der Waals surface area contributed by atoms with Crippen molar-refractivity contribution >= 4 is 5.91 Å². The van der Waals surface area contributed by atoms with Crippen LogP contribution in [-0.4, -0.2) is 56.6 Å². The molecular weight excluding hydrogens is 280 g/mol. The van der Waals surface area contributed by atoms with Crippen LogP contribution in [0.2, 0.25) is 0 Å². The van der Waals surface area contributed by atoms with Gasteiger partial charge in [-0.25, -0.2) is 0 Å². The highest BCUT2D eigenvalue weighted by molar-refractivity contribution is 5.86. The fraction of sp³-hybridized carbons (Fsp3) is 0.769. The van der Waals surface area contributed by atoms with Crippen molar-refractivity contribution < 1.29 is 26.3 Å². The summed E-state index contributed by atoms with van der Waals surface area (Å²) in [5.41, 5.74) is 0. The van der Waals surface area contributed by atoms with E-state index in [0.29, 0.717) is 0 Å². The maximum absolute atomic E-state index is 11.2. The number of rotatable bonds is 8. The van der Waals surface area contributed by atoms with Crippen LogP contribution in [0.1, 0.15) is 25.7 Å². The molecule has 0 aromatic carbocycles. The molecule has 0 aromatic rings. The lowest BCUT2D eigenvalue weighted by Gasteiger charge is -2.23. The Labute approximate surface area is 117 Å². The van der Waals surface area contributed by atoms with Crippen LogP contribution in [-0.2, 0) is 4.79 Å². The third kappa shape index (κ3) is 11.9. The first-order chi connectivity index (χ1) is 7.37. The Balaban J connectivity index is 0. The number of amides is 1. The van der Waals surface area contributed by atoms with Gasteiger partial charge in [-0.15, -0.1) is 0 Å². The highest BCUT2D eigenvalue weighted by atomic mass is 79.9. The van der Waals surface area contributed by atoms with Crippen molar-refractivity contribution in [3.05, 3.63) is 12.7 Å². The van der Waals surface area contributed by atoms with Crippen LogP contribution in [0.5, 0.6) is 0 Å². The van der Waals surface area contributed by atoms with Crippen molar-refractivity contribution in [2.24, 2.45) is 0 Å². The molecule has 4 heteroatoms. The van der Waals surface area contributed by atoms with Crippen LogP contribution in [0.3, 0.4) is 0 Å². The summed E-state index contributed by atoms with van der Waals surface area (Å²) < 4.78 is 1.04. The van der Waals surface area contributed by atoms with Gasteiger partial charge in [0.15, 0.2) is 0 Å². The lowest BCUT2D eigenvalue weighted by molar-refractivity contribution is -0.870. The van der Waals surface area contributed by atoms with Crippen LogP contribution in [0.25, 0.3) is 0 Å². The summed E-state index contributed by atoms with van der Waals surface area (Å²) >= 11 is 0. The Bertz CT molecular complexity index is 224. The minimum absolute atomic E-state index is 0. The molecule has 0 unspecified atom stereocenters. The second kappa shape index (κ2) is 9.66. The summed E-state index contributed by atoms with van der Waals surface area (Å²) in [6.07, 6.45) is 6.19. The summed E-state index contributed by atoms with van der Waals surface area (Å²) in [7, 11) is 8.49. The maximum Gasteiger partial charge on any atom is 0.245 e. The zero-order valence-electron chi connectivity index (χ0n) is 11.7. The predicted molar refractivity (Wildman–Crippen MR) is 69.2 cm³/mol. The molecule has 0 spiro atoms. The van der Waals surface area contributed by atoms with Crippen LogP contribution in [0.4, 0.5) is 0 Å². The van der Waals surface area contributed by atoms with E-state index in [1.54, 1.807) is 4.90 Å². The summed E-state index contributed by atoms with van der Waals surface area (Å²) in [5.74, 6) is 0.0198. The predicted octanol–water partition coefficient (Wildman–Crippen LogP) is -1.10. The SMILES string of the molecule is C=CC(=O)N(C)CCCCCC[N+](C)(C)C.[Br-]. The highest BCUT2D eigenvalue weighted by Gasteiger charge is 2.06. The number of likely N-dealkylation sites (N-methyl/N-ethyl adjacent to an activating group) is 1. The van der Waals surface area contributed by atoms with E-state index in [9.17, 15) is 4.79 Å². The van der Waals surface area contributed by atoms with Gasteiger partial charge < -0.3 is 26.4 Å². The standard InChI is InChI=1S/C13H27N2O.BrH/c1-6-13(16)14(2)11-9-7-8-10-12-15(3,4)5;/h6H,1,7-12H2,2-5H3;1H/q+1;/p-1. The zero-order chi connectivity index (χ0) is 12.6. The van der Waals surface area contributed by atoms with E-state index < -0.39 is 0 Å². The first-order valence-electron chi connectivity index (χ1n) is 6.05. The molecule has 0 aliphatic rings. The lowest BCUT2D eigenvalue weighted by Crippen LogP contribution is -3.00. The smallest absolute Gasteiger partial charge is 0.245 e. The summed E-state index contributed by atoms with van der Waals surface area (Å²) in [4.78, 5) is 12.9. The molecule has 0 bridgehead atoms. The molecule has 1 amide bonds. The van der Waals surface area contributed by atoms with Crippen LogP contribution in [0.15, 0.2) is 12.7 Å². The molecule has 17 heavy (non-hydrogen) atoms. The van der Waals surface area contributed by atoms with Gasteiger partial charge in [0.25, 0.3) is 0 Å². The fourth-order valence-corrected chi connectivity index (χ4v) is 1.55. The number of carbonyl (C=O) groups excluding carboxylic acids is 1. The lowest BCUT2D eigenvalue weighted by atomic mass is 10.2. The monoisotopic (exact) mass is 306 g/mol. The minimum Gasteiger partial charge on any atom is -1.00 e. The average molecular weight is 307 g/mol. The molecule has 3 nitrogen and oxygen atoms in total. The van der Waals surface area contributed by atoms with Gasteiger partial charge in [0, 0.05) is 13.6 Å². The molecular formula is C13H27BrN2O. The number of halogens is 1. The van der Waals surface area contributed by atoms with Crippen LogP contribution < -0.4 is 17.0 Å². The first kappa shape index (κ1) is 19.0. The van der Waals surface area contributed by atoms with Crippen LogP contribution >= 0.6 is 0 Å². The number of unbranched alkanes of at least 4 members (excludes halogenated alkanes) is 3. The topological polar surface area (TPSA) is 20.3 Å². The average Bonchev–Trinajstić information content (AvgIpc) is 2.20. The number of hydrogen-bond acceptors (Lipinski definition) is 1. The summed E-state index contributed by atoms with van der Waals surface area (Å²) in [6, 6.07) is 0. The molecule has 0 heterocycles. The molecule has 0 atom stereocenters. The van der Waals surface area contributed by atoms with E-state index in [-0.39, 0.29) is 22.9 Å². The molecule has 0 saturated carbocycles. The molecule has 0 aliphatic heterocycles. The Hall–Kier alpha value is -0.350. The molecule has 0 rings (SSSR count). The molecule has 0 N–H and O–H groups in total. The second-order valence-electron chi connectivity index (χ2n) is 5.39. The van der Waals surface area contributed by atoms with Gasteiger partial charge in [-0.1, -0.05) is 13.0 Å². The van der Waals surface area contributed by atoms with Gasteiger partial charge in [0.05, 0.1) is 27.7 Å². The fourth-order valence-electron chi connectivity index (χ4n) is 1.55. The Morgan fingerprint density at radius 2 is 1.71 bits per heavy atom. The van der Waals surface area contributed by atoms with Crippen LogP contribution in [0, 0.1) is 0 Å². The van der Waals surface area contributed by atoms with E-state index in [2.05, 4.69) is 27.7 Å². The highest BCUT2D eigenvalue weighted by Crippen LogP contribution is 2.04. The van der Waals surface area contributed by atoms with Crippen molar-refractivity contribution in [3.8, 4) is 0 Å². The van der Waals surface area contributed by atoms with Crippen molar-refractivity contribution in [1.82, 2.24) is 4.90 Å². The van der Waals surface area contributed by atoms with Gasteiger partial charge in [0.1, 0.15) is 0 Å². The van der Waals surface area contributed by atoms with Crippen molar-refractivity contribution in [2.75, 3.05) is 41.3 Å². The van der Waals surface area contributed by atoms with E-state index in [1.807, 2.05) is 7.05 Å². The van der Waals surface area contributed by atoms with Gasteiger partial charge >= 0.3 is 0 Å². The molecule has 0 aliphatic carbocycles. The minimum atomic E-state index is 0. The Morgan fingerprint density at radius 1 is 1.18 bits per heavy atom. The zero-order valence-corrected chi connectivity index (χ0v) is 13.3. The van der Waals surface area contributed by atoms with Gasteiger partial charge in [-0.3, -0.25) is 4.79 Å². The van der Waals surface area contributed by atoms with Gasteiger partial charge in [-0.05, 0) is 25.3 Å². The number of nitrogens with zero attached hydrogens (tertiary/aromatic N) is 2. The summed E-state index contributed by atoms with van der Waals surface area (Å²) in [6.45, 7) is 5.54. The molecule has 0 aromatic heterocycles. The first-order valence-corrected chi connectivity index (χ1v) is 6.05. The third-order valence-corrected chi connectivity index (χ3v) is 2.62. The van der Waals surface area contributed by atoms with E-state index in [1.165, 1.54) is 31.9 Å². The van der Waals surface area contributed by atoms with Gasteiger partial charge in [0.2, 0.25) is 5.91 Å². The number of quaternary nitrogens is 1. The Kier molecular flexibility index (Phi) is 10.8. The molecule has 0 radical (unpaired) electrons. The second-order valence-corrected chi connectivity index (χ2v) is 5.39. The number of carbonyl (C=O) groups is 1. The van der Waals surface area contributed by atoms with Gasteiger partial charge in [-0.2, -0.15) is 0 Å². The van der Waals surface area contributed by atoms with Crippen molar-refractivity contribution in [2.45, 2.75) is 25.7 Å².